The molecule has 14 heavy (non-hydrogen) atoms. The molecule has 0 aliphatic carbocycles. The molecule has 0 radical (unpaired) electrons. The van der Waals surface area contributed by atoms with Crippen molar-refractivity contribution in [2.24, 2.45) is 10.9 Å². The second-order valence-electron chi connectivity index (χ2n) is 1.81. The molecular formula is C5H6Cl2N4O2S. The summed E-state index contributed by atoms with van der Waals surface area (Å²) in [4.78, 5) is 10.3. The molecule has 0 bridgehead atoms. The summed E-state index contributed by atoms with van der Waals surface area (Å²) in [6.45, 7) is 0. The maximum atomic E-state index is 10.3. The zero-order valence-corrected chi connectivity index (χ0v) is 8.95. The van der Waals surface area contributed by atoms with Gasteiger partial charge >= 0.3 is 5.97 Å². The van der Waals surface area contributed by atoms with E-state index in [1.54, 1.807) is 0 Å². The highest BCUT2D eigenvalue weighted by atomic mass is 35.5. The fourth-order valence-electron chi connectivity index (χ4n) is 0.339. The molecule has 6 nitrogen and oxygen atoms in total. The van der Waals surface area contributed by atoms with Crippen molar-refractivity contribution in [3.05, 3.63) is 10.1 Å². The Morgan fingerprint density at radius 2 is 2.14 bits per heavy atom. The van der Waals surface area contributed by atoms with Crippen molar-refractivity contribution >= 4 is 52.7 Å². The van der Waals surface area contributed by atoms with Crippen molar-refractivity contribution in [3.63, 3.8) is 0 Å². The van der Waals surface area contributed by atoms with E-state index in [0.29, 0.717) is 0 Å². The molecule has 0 saturated carbocycles. The van der Waals surface area contributed by atoms with Crippen molar-refractivity contribution in [3.8, 4) is 0 Å². The van der Waals surface area contributed by atoms with E-state index in [1.807, 2.05) is 0 Å². The third-order valence-corrected chi connectivity index (χ3v) is 1.83. The first-order valence-corrected chi connectivity index (χ1v) is 4.23. The Hall–Kier alpha value is -0.890. The molecule has 0 aromatic rings. The molecular weight excluding hydrogens is 251 g/mol. The number of hydrogen-bond acceptors (Lipinski definition) is 4. The largest absolute Gasteiger partial charge is 0.477 e. The predicted octanol–water partition coefficient (Wildman–Crippen LogP) is 0.0838. The van der Waals surface area contributed by atoms with E-state index in [9.17, 15) is 4.79 Å². The molecule has 78 valence electrons. The number of carbonyl (C=O) groups is 1. The first kappa shape index (κ1) is 13.1. The summed E-state index contributed by atoms with van der Waals surface area (Å²) >= 11 is 15.3. The molecule has 0 unspecified atom stereocenters. The van der Waals surface area contributed by atoms with E-state index in [1.165, 1.54) is 0 Å². The van der Waals surface area contributed by atoms with Crippen molar-refractivity contribution in [1.82, 2.24) is 10.9 Å². The molecule has 0 aliphatic heterocycles. The number of aliphatic carboxylic acids is 1. The van der Waals surface area contributed by atoms with Gasteiger partial charge in [0, 0.05) is 0 Å². The average Bonchev–Trinajstić information content (AvgIpc) is 2.15. The summed E-state index contributed by atoms with van der Waals surface area (Å²) in [5, 5.41) is 11.1. The Morgan fingerprint density at radius 3 is 2.57 bits per heavy atom. The number of thiocarbonyl (C=S) groups is 1. The second-order valence-corrected chi connectivity index (χ2v) is 3.00. The van der Waals surface area contributed by atoms with Crippen LogP contribution in [0.1, 0.15) is 0 Å². The molecule has 9 heteroatoms. The third kappa shape index (κ3) is 4.97. The van der Waals surface area contributed by atoms with E-state index in [4.69, 9.17) is 34.2 Å². The summed E-state index contributed by atoms with van der Waals surface area (Å²) in [7, 11) is 0. The number of nitrogens with one attached hydrogen (secondary N) is 2. The number of hydrazone groups is 1. The van der Waals surface area contributed by atoms with Crippen molar-refractivity contribution in [2.75, 3.05) is 0 Å². The zero-order valence-electron chi connectivity index (χ0n) is 6.62. The van der Waals surface area contributed by atoms with Crippen LogP contribution in [0.2, 0.25) is 0 Å². The molecule has 0 rings (SSSR count). The van der Waals surface area contributed by atoms with E-state index in [-0.39, 0.29) is 10.1 Å². The normalized spacial score (nSPS) is 12.2. The zero-order chi connectivity index (χ0) is 11.1. The monoisotopic (exact) mass is 256 g/mol. The first-order valence-electron chi connectivity index (χ1n) is 3.07. The standard InChI is InChI=1S/C5H6Cl2N4O2S/c6-2(3(7)4(12)13)1-9-11-5(14)10-8/h1H,8H2,(H,12,13)(H2,10,11,14)/b3-2-,9-1-. The lowest BCUT2D eigenvalue weighted by molar-refractivity contribution is -0.131. The molecule has 0 saturated heterocycles. The van der Waals surface area contributed by atoms with Crippen LogP contribution in [-0.2, 0) is 4.79 Å². The van der Waals surface area contributed by atoms with Gasteiger partial charge in [0.1, 0.15) is 5.03 Å². The summed E-state index contributed by atoms with van der Waals surface area (Å²) in [6.07, 6.45) is 0.988. The Labute approximate surface area is 94.7 Å². The summed E-state index contributed by atoms with van der Waals surface area (Å²) < 4.78 is 0. The number of rotatable bonds is 3. The van der Waals surface area contributed by atoms with Crippen LogP contribution in [0.25, 0.3) is 0 Å². The Bertz CT molecular complexity index is 304. The van der Waals surface area contributed by atoms with Gasteiger partial charge in [-0.25, -0.2) is 10.6 Å². The van der Waals surface area contributed by atoms with Crippen molar-refractivity contribution in [1.29, 1.82) is 0 Å². The predicted molar refractivity (Wildman–Crippen MR) is 57.9 cm³/mol. The minimum absolute atomic E-state index is 0.0529. The topological polar surface area (TPSA) is 99.7 Å². The lowest BCUT2D eigenvalue weighted by Gasteiger charge is -1.98. The number of carboxylic acids is 1. The maximum Gasteiger partial charge on any atom is 0.348 e. The number of nitrogens with two attached hydrogens (primary N) is 1. The Kier molecular flexibility index (Phi) is 6.13. The minimum atomic E-state index is -1.34. The van der Waals surface area contributed by atoms with Crippen LogP contribution in [0.4, 0.5) is 0 Å². The number of carboxylic acid groups (broad SMARTS) is 1. The van der Waals surface area contributed by atoms with Gasteiger partial charge in [-0.05, 0) is 12.2 Å². The van der Waals surface area contributed by atoms with Crippen LogP contribution in [0.15, 0.2) is 15.2 Å². The van der Waals surface area contributed by atoms with Gasteiger partial charge in [-0.1, -0.05) is 23.2 Å². The van der Waals surface area contributed by atoms with E-state index in [2.05, 4.69) is 28.2 Å². The van der Waals surface area contributed by atoms with Crippen LogP contribution < -0.4 is 16.7 Å². The van der Waals surface area contributed by atoms with Gasteiger partial charge in [0.05, 0.1) is 11.2 Å². The quantitative estimate of drug-likeness (QED) is 0.188. The molecule has 0 aromatic carbocycles. The summed E-state index contributed by atoms with van der Waals surface area (Å²) in [6, 6.07) is 0. The SMILES string of the molecule is NNC(=S)N/N=C\C(Cl)=C(\Cl)C(=O)O. The van der Waals surface area contributed by atoms with Crippen LogP contribution in [0.5, 0.6) is 0 Å². The van der Waals surface area contributed by atoms with Crippen LogP contribution in [0.3, 0.4) is 0 Å². The van der Waals surface area contributed by atoms with Crippen LogP contribution in [-0.4, -0.2) is 22.4 Å². The average molecular weight is 257 g/mol. The molecule has 0 amide bonds. The smallest absolute Gasteiger partial charge is 0.348 e. The van der Waals surface area contributed by atoms with Gasteiger partial charge in [-0.15, -0.1) is 0 Å². The van der Waals surface area contributed by atoms with Crippen molar-refractivity contribution < 1.29 is 9.90 Å². The molecule has 5 N–H and O–H groups in total. The highest BCUT2D eigenvalue weighted by Gasteiger charge is 2.07. The lowest BCUT2D eigenvalue weighted by atomic mass is 10.5. The van der Waals surface area contributed by atoms with E-state index in [0.717, 1.165) is 6.21 Å². The molecule has 0 spiro atoms. The van der Waals surface area contributed by atoms with E-state index < -0.39 is 11.0 Å². The number of halogens is 2. The maximum absolute atomic E-state index is 10.3. The molecule has 0 heterocycles. The first-order chi connectivity index (χ1) is 6.49. The van der Waals surface area contributed by atoms with Gasteiger partial charge in [-0.2, -0.15) is 5.10 Å². The Morgan fingerprint density at radius 1 is 1.57 bits per heavy atom. The Balaban J connectivity index is 4.31. The highest BCUT2D eigenvalue weighted by Crippen LogP contribution is 2.11. The van der Waals surface area contributed by atoms with Gasteiger partial charge in [0.25, 0.3) is 0 Å². The van der Waals surface area contributed by atoms with Gasteiger partial charge in [-0.3, -0.25) is 10.9 Å². The molecule has 0 aromatic heterocycles. The number of nitrogens with zero attached hydrogens (tertiary/aromatic N) is 1. The molecule has 0 fully saturated rings. The van der Waals surface area contributed by atoms with Gasteiger partial charge < -0.3 is 5.11 Å². The highest BCUT2D eigenvalue weighted by molar-refractivity contribution is 7.80. The fraction of sp³-hybridized carbons (Fsp3) is 0. The van der Waals surface area contributed by atoms with Gasteiger partial charge in [0.15, 0.2) is 0 Å². The fourth-order valence-corrected chi connectivity index (χ4v) is 0.570. The number of hydrazine groups is 1. The second kappa shape index (κ2) is 6.55. The number of hydrogen-bond donors (Lipinski definition) is 4. The molecule has 0 atom stereocenters. The van der Waals surface area contributed by atoms with Crippen molar-refractivity contribution in [2.45, 2.75) is 0 Å². The molecule has 0 aliphatic rings. The van der Waals surface area contributed by atoms with Crippen LogP contribution >= 0.6 is 35.4 Å². The third-order valence-electron chi connectivity index (χ3n) is 0.873. The lowest BCUT2D eigenvalue weighted by Crippen LogP contribution is -2.37. The van der Waals surface area contributed by atoms with Crippen LogP contribution in [0, 0.1) is 0 Å². The minimum Gasteiger partial charge on any atom is -0.477 e. The summed E-state index contributed by atoms with van der Waals surface area (Å²) in [5.74, 6) is 3.56. The summed E-state index contributed by atoms with van der Waals surface area (Å²) in [5.41, 5.74) is 4.34. The van der Waals surface area contributed by atoms with Gasteiger partial charge in [0.2, 0.25) is 5.11 Å². The van der Waals surface area contributed by atoms with E-state index >= 15 is 0 Å². The number of allylic oxidation sites excluding steroid dienone is 1.